The van der Waals surface area contributed by atoms with E-state index in [0.717, 1.165) is 6.42 Å². The molecule has 0 amide bonds. The van der Waals surface area contributed by atoms with Crippen LogP contribution in [0.25, 0.3) is 0 Å². The molecule has 0 aliphatic heterocycles. The fourth-order valence-corrected chi connectivity index (χ4v) is 2.30. The predicted octanol–water partition coefficient (Wildman–Crippen LogP) is 1.91. The van der Waals surface area contributed by atoms with Crippen LogP contribution in [-0.2, 0) is 4.57 Å². The second kappa shape index (κ2) is 3.54. The maximum absolute atomic E-state index is 10.9. The van der Waals surface area contributed by atoms with Crippen LogP contribution in [0.1, 0.15) is 13.3 Å². The molecule has 0 saturated heterocycles. The molecule has 0 bridgehead atoms. The summed E-state index contributed by atoms with van der Waals surface area (Å²) in [4.78, 5) is 0. The third-order valence-corrected chi connectivity index (χ3v) is 4.93. The Morgan fingerprint density at radius 1 is 1.75 bits per heavy atom. The van der Waals surface area contributed by atoms with E-state index in [1.165, 1.54) is 11.4 Å². The Hall–Kier alpha value is 0.540. The van der Waals surface area contributed by atoms with E-state index >= 15 is 0 Å². The zero-order valence-corrected chi connectivity index (χ0v) is 6.97. The molecule has 1 atom stereocenters. The summed E-state index contributed by atoms with van der Waals surface area (Å²) in [5.74, 6) is 0. The Bertz CT molecular complexity index is 106. The van der Waals surface area contributed by atoms with E-state index in [1.54, 1.807) is 6.26 Å². The van der Waals surface area contributed by atoms with Crippen molar-refractivity contribution in [2.24, 2.45) is 5.50 Å². The number of rotatable bonds is 3. The number of nitrogens with two attached hydrogens (primary N) is 1. The van der Waals surface area contributed by atoms with Crippen LogP contribution in [0, 0.1) is 0 Å². The smallest absolute Gasteiger partial charge is 0.197 e. The van der Waals surface area contributed by atoms with Gasteiger partial charge < -0.3 is 0 Å². The van der Waals surface area contributed by atoms with Crippen LogP contribution in [-0.4, -0.2) is 12.4 Å². The van der Waals surface area contributed by atoms with Gasteiger partial charge in [0.1, 0.15) is 0 Å². The van der Waals surface area contributed by atoms with Crippen LogP contribution in [0.4, 0.5) is 0 Å². The molecular formula is C4H12NOPS. The summed E-state index contributed by atoms with van der Waals surface area (Å²) in [6.45, 7) is -0.275. The van der Waals surface area contributed by atoms with Crippen molar-refractivity contribution in [3.8, 4) is 0 Å². The molecule has 0 saturated carbocycles. The van der Waals surface area contributed by atoms with Crippen molar-refractivity contribution < 1.29 is 4.57 Å². The van der Waals surface area contributed by atoms with Gasteiger partial charge in [0.15, 0.2) is 6.49 Å². The van der Waals surface area contributed by atoms with Gasteiger partial charge in [0, 0.05) is 6.16 Å². The molecule has 0 aromatic carbocycles. The molecule has 0 spiro atoms. The quantitative estimate of drug-likeness (QED) is 0.630. The Kier molecular flexibility index (Phi) is 3.78. The third-order valence-electron chi connectivity index (χ3n) is 0.844. The highest BCUT2D eigenvalue weighted by molar-refractivity contribution is 8.57. The second-order valence-corrected chi connectivity index (χ2v) is 6.85. The zero-order valence-electron chi connectivity index (χ0n) is 5.26. The number of hydrogen-bond acceptors (Lipinski definition) is 2. The van der Waals surface area contributed by atoms with Crippen LogP contribution < -0.4 is 5.50 Å². The lowest BCUT2D eigenvalue weighted by Crippen LogP contribution is -1.93. The molecule has 50 valence electrons. The lowest BCUT2D eigenvalue weighted by Gasteiger charge is -2.05. The molecule has 0 aromatic heterocycles. The maximum Gasteiger partial charge on any atom is 0.197 e. The predicted molar refractivity (Wildman–Crippen MR) is 40.5 cm³/mol. The molecule has 0 aliphatic carbocycles. The van der Waals surface area contributed by atoms with Crippen LogP contribution in [0.3, 0.4) is 0 Å². The van der Waals surface area contributed by atoms with Crippen molar-refractivity contribution >= 4 is 17.9 Å². The summed E-state index contributed by atoms with van der Waals surface area (Å²) in [6, 6.07) is 0. The van der Waals surface area contributed by atoms with Gasteiger partial charge in [-0.05, 0) is 12.7 Å². The summed E-state index contributed by atoms with van der Waals surface area (Å²) in [5.41, 5.74) is 5.35. The van der Waals surface area contributed by atoms with Crippen LogP contribution in [0.2, 0.25) is 0 Å². The summed E-state index contributed by atoms with van der Waals surface area (Å²) < 4.78 is 10.9. The Balaban J connectivity index is 3.55. The zero-order chi connectivity index (χ0) is 6.62. The molecular weight excluding hydrogens is 141 g/mol. The molecule has 1 unspecified atom stereocenters. The van der Waals surface area contributed by atoms with Gasteiger partial charge in [-0.1, -0.05) is 18.3 Å². The summed E-state index contributed by atoms with van der Waals surface area (Å²) in [5, 5.41) is 0. The minimum Gasteiger partial charge on any atom is -0.295 e. The molecule has 8 heavy (non-hydrogen) atoms. The monoisotopic (exact) mass is 153 g/mol. The van der Waals surface area contributed by atoms with Gasteiger partial charge >= 0.3 is 0 Å². The highest BCUT2D eigenvalue weighted by Crippen LogP contribution is 2.49. The van der Waals surface area contributed by atoms with E-state index in [2.05, 4.69) is 0 Å². The second-order valence-electron chi connectivity index (χ2n) is 1.63. The minimum absolute atomic E-state index is 0.661. The average molecular weight is 153 g/mol. The van der Waals surface area contributed by atoms with Gasteiger partial charge in [0.25, 0.3) is 0 Å². The molecule has 2 nitrogen and oxygen atoms in total. The van der Waals surface area contributed by atoms with Crippen LogP contribution in [0.15, 0.2) is 0 Å². The van der Waals surface area contributed by atoms with Gasteiger partial charge in [-0.2, -0.15) is 0 Å². The maximum atomic E-state index is 10.9. The van der Waals surface area contributed by atoms with Gasteiger partial charge in [0.2, 0.25) is 0 Å². The van der Waals surface area contributed by atoms with E-state index in [-0.39, 0.29) is 0 Å². The van der Waals surface area contributed by atoms with Gasteiger partial charge in [0.05, 0.1) is 0 Å². The van der Waals surface area contributed by atoms with Gasteiger partial charge in [-0.25, -0.2) is 0 Å². The topological polar surface area (TPSA) is 43.1 Å². The first-order valence-corrected chi connectivity index (χ1v) is 6.35. The van der Waals surface area contributed by atoms with Gasteiger partial charge in [-0.15, -0.1) is 0 Å². The first-order valence-electron chi connectivity index (χ1n) is 2.55. The van der Waals surface area contributed by atoms with Crippen molar-refractivity contribution in [1.82, 2.24) is 0 Å². The third kappa shape index (κ3) is 3.53. The van der Waals surface area contributed by atoms with E-state index in [0.29, 0.717) is 6.16 Å². The van der Waals surface area contributed by atoms with Gasteiger partial charge in [-0.3, -0.25) is 10.1 Å². The van der Waals surface area contributed by atoms with Crippen LogP contribution >= 0.6 is 17.9 Å². The molecule has 2 N–H and O–H groups in total. The standard InChI is InChI=1S/C4H12NOPS/c1-3-4-7(5,6)8-2/h3-4H2,1-2H3,(H2,5,6). The average Bonchev–Trinajstić information content (AvgIpc) is 1.67. The molecule has 0 rings (SSSR count). The number of hydrogen-bond donors (Lipinski definition) is 1. The summed E-state index contributed by atoms with van der Waals surface area (Å²) in [7, 11) is 0. The molecule has 0 radical (unpaired) electrons. The molecule has 0 aromatic rings. The first-order chi connectivity index (χ1) is 3.62. The fraction of sp³-hybridized carbons (Fsp3) is 1.00. The largest absolute Gasteiger partial charge is 0.295 e. The summed E-state index contributed by atoms with van der Waals surface area (Å²) >= 11 is 1.28. The highest BCUT2D eigenvalue weighted by atomic mass is 32.7. The lowest BCUT2D eigenvalue weighted by molar-refractivity contribution is 0.585. The fourth-order valence-electron chi connectivity index (χ4n) is 0.403. The molecule has 4 heteroatoms. The Labute approximate surface area is 54.4 Å². The van der Waals surface area contributed by atoms with E-state index in [9.17, 15) is 4.57 Å². The van der Waals surface area contributed by atoms with Crippen molar-refractivity contribution in [2.45, 2.75) is 13.3 Å². The van der Waals surface area contributed by atoms with Crippen molar-refractivity contribution in [1.29, 1.82) is 0 Å². The van der Waals surface area contributed by atoms with E-state index < -0.39 is 6.49 Å². The van der Waals surface area contributed by atoms with Crippen molar-refractivity contribution in [3.05, 3.63) is 0 Å². The van der Waals surface area contributed by atoms with E-state index in [1.807, 2.05) is 6.92 Å². The van der Waals surface area contributed by atoms with Crippen molar-refractivity contribution in [3.63, 3.8) is 0 Å². The van der Waals surface area contributed by atoms with Crippen molar-refractivity contribution in [2.75, 3.05) is 12.4 Å². The Morgan fingerprint density at radius 2 is 2.25 bits per heavy atom. The normalized spacial score (nSPS) is 17.9. The lowest BCUT2D eigenvalue weighted by atomic mass is 10.6. The Morgan fingerprint density at radius 3 is 2.38 bits per heavy atom. The summed E-state index contributed by atoms with van der Waals surface area (Å²) in [6.07, 6.45) is 3.36. The van der Waals surface area contributed by atoms with Crippen LogP contribution in [0.5, 0.6) is 0 Å². The first kappa shape index (κ1) is 8.54. The molecule has 0 fully saturated rings. The SMILES string of the molecule is CCCP(N)(=O)SC. The highest BCUT2D eigenvalue weighted by Gasteiger charge is 2.10. The molecule has 0 heterocycles. The minimum atomic E-state index is -2.26. The molecule has 0 aliphatic rings. The van der Waals surface area contributed by atoms with E-state index in [4.69, 9.17) is 5.50 Å².